The van der Waals surface area contributed by atoms with Crippen molar-refractivity contribution in [1.29, 1.82) is 5.26 Å². The average Bonchev–Trinajstić information content (AvgIpc) is 2.38. The van der Waals surface area contributed by atoms with Crippen molar-refractivity contribution in [2.24, 2.45) is 5.73 Å². The predicted octanol–water partition coefficient (Wildman–Crippen LogP) is 1.92. The maximum absolute atomic E-state index is 11.7. The van der Waals surface area contributed by atoms with Crippen molar-refractivity contribution in [1.82, 2.24) is 0 Å². The normalized spacial score (nSPS) is 11.4. The molecule has 20 heavy (non-hydrogen) atoms. The molecule has 0 aliphatic rings. The van der Waals surface area contributed by atoms with Gasteiger partial charge in [-0.25, -0.2) is 0 Å². The number of carbonyl (C=O) groups excluding carboxylic acids is 1. The van der Waals surface area contributed by atoms with Gasteiger partial charge < -0.3 is 11.1 Å². The Balaban J connectivity index is 2.74. The van der Waals surface area contributed by atoms with Gasteiger partial charge in [-0.1, -0.05) is 0 Å². The molecule has 3 N–H and O–H groups in total. The molecule has 1 rings (SSSR count). The molecule has 0 radical (unpaired) electrons. The molecule has 7 nitrogen and oxygen atoms in total. The van der Waals surface area contributed by atoms with Crippen molar-refractivity contribution >= 4 is 17.3 Å². The van der Waals surface area contributed by atoms with Gasteiger partial charge in [-0.2, -0.15) is 5.26 Å². The number of hydrogen-bond donors (Lipinski definition) is 2. The van der Waals surface area contributed by atoms with Crippen LogP contribution in [0.4, 0.5) is 11.4 Å². The zero-order valence-electron chi connectivity index (χ0n) is 11.1. The highest BCUT2D eigenvalue weighted by atomic mass is 16.6. The smallest absolute Gasteiger partial charge is 0.294 e. The second-order valence-corrected chi connectivity index (χ2v) is 4.52. The van der Waals surface area contributed by atoms with E-state index in [0.717, 1.165) is 6.07 Å². The fourth-order valence-electron chi connectivity index (χ4n) is 1.66. The number of nitrogens with two attached hydrogens (primary N) is 1. The van der Waals surface area contributed by atoms with Crippen LogP contribution in [0.1, 0.15) is 31.7 Å². The van der Waals surface area contributed by atoms with Crippen molar-refractivity contribution in [2.45, 2.75) is 32.2 Å². The lowest BCUT2D eigenvalue weighted by Crippen LogP contribution is -2.17. The molecule has 0 spiro atoms. The van der Waals surface area contributed by atoms with Gasteiger partial charge in [0.25, 0.3) is 5.69 Å². The number of amides is 1. The van der Waals surface area contributed by atoms with Gasteiger partial charge in [0.2, 0.25) is 5.91 Å². The van der Waals surface area contributed by atoms with E-state index in [-0.39, 0.29) is 35.3 Å². The Morgan fingerprint density at radius 3 is 2.85 bits per heavy atom. The highest BCUT2D eigenvalue weighted by Gasteiger charge is 2.16. The zero-order valence-corrected chi connectivity index (χ0v) is 11.1. The van der Waals surface area contributed by atoms with Gasteiger partial charge in [0, 0.05) is 18.5 Å². The third kappa shape index (κ3) is 4.66. The van der Waals surface area contributed by atoms with Crippen molar-refractivity contribution in [3.8, 4) is 6.07 Å². The van der Waals surface area contributed by atoms with Crippen LogP contribution in [-0.2, 0) is 4.79 Å². The van der Waals surface area contributed by atoms with Crippen molar-refractivity contribution < 1.29 is 9.72 Å². The number of nitriles is 1. The van der Waals surface area contributed by atoms with E-state index >= 15 is 0 Å². The second-order valence-electron chi connectivity index (χ2n) is 4.52. The number of hydrogen-bond acceptors (Lipinski definition) is 5. The SMILES string of the molecule is CC(N)CCCC(=O)Nc1ccc(C#N)cc1[N+](=O)[O-]. The summed E-state index contributed by atoms with van der Waals surface area (Å²) in [5, 5.41) is 22.1. The fourth-order valence-corrected chi connectivity index (χ4v) is 1.66. The highest BCUT2D eigenvalue weighted by Crippen LogP contribution is 2.25. The van der Waals surface area contributed by atoms with Crippen LogP contribution >= 0.6 is 0 Å². The van der Waals surface area contributed by atoms with Crippen LogP contribution in [0, 0.1) is 21.4 Å². The average molecular weight is 276 g/mol. The van der Waals surface area contributed by atoms with Gasteiger partial charge in [0.05, 0.1) is 16.6 Å². The molecule has 0 aromatic heterocycles. The van der Waals surface area contributed by atoms with Crippen molar-refractivity contribution in [2.75, 3.05) is 5.32 Å². The van der Waals surface area contributed by atoms with E-state index in [4.69, 9.17) is 11.0 Å². The first-order chi connectivity index (χ1) is 9.43. The Morgan fingerprint density at radius 2 is 2.30 bits per heavy atom. The van der Waals surface area contributed by atoms with E-state index in [9.17, 15) is 14.9 Å². The van der Waals surface area contributed by atoms with Crippen molar-refractivity contribution in [3.05, 3.63) is 33.9 Å². The van der Waals surface area contributed by atoms with Crippen LogP contribution in [0.3, 0.4) is 0 Å². The number of benzene rings is 1. The molecule has 106 valence electrons. The molecular weight excluding hydrogens is 260 g/mol. The molecule has 1 unspecified atom stereocenters. The quantitative estimate of drug-likeness (QED) is 0.607. The van der Waals surface area contributed by atoms with Gasteiger partial charge in [-0.15, -0.1) is 0 Å². The van der Waals surface area contributed by atoms with E-state index in [0.29, 0.717) is 12.8 Å². The molecule has 0 bridgehead atoms. The Bertz CT molecular complexity index is 549. The van der Waals surface area contributed by atoms with Gasteiger partial charge in [-0.05, 0) is 31.9 Å². The molecule has 0 saturated heterocycles. The van der Waals surface area contributed by atoms with E-state index in [1.165, 1.54) is 12.1 Å². The number of nitro benzene ring substituents is 1. The summed E-state index contributed by atoms with van der Waals surface area (Å²) in [5.74, 6) is -0.307. The minimum Gasteiger partial charge on any atom is -0.328 e. The molecular formula is C13H16N4O3. The molecule has 7 heteroatoms. The van der Waals surface area contributed by atoms with Gasteiger partial charge >= 0.3 is 0 Å². The Morgan fingerprint density at radius 1 is 1.60 bits per heavy atom. The molecule has 1 atom stereocenters. The summed E-state index contributed by atoms with van der Waals surface area (Å²) in [7, 11) is 0. The maximum Gasteiger partial charge on any atom is 0.294 e. The summed E-state index contributed by atoms with van der Waals surface area (Å²) in [6.07, 6.45) is 1.58. The van der Waals surface area contributed by atoms with Gasteiger partial charge in [0.15, 0.2) is 0 Å². The minimum atomic E-state index is -0.627. The molecule has 0 saturated carbocycles. The number of anilines is 1. The lowest BCUT2D eigenvalue weighted by atomic mass is 10.1. The largest absolute Gasteiger partial charge is 0.328 e. The van der Waals surface area contributed by atoms with Crippen molar-refractivity contribution in [3.63, 3.8) is 0 Å². The Kier molecular flexibility index (Phi) is 5.62. The molecule has 0 aliphatic carbocycles. The standard InChI is InChI=1S/C13H16N4O3/c1-9(15)3-2-4-13(18)16-11-6-5-10(8-14)7-12(11)17(19)20/h5-7,9H,2-4,15H2,1H3,(H,16,18). The molecule has 0 fully saturated rings. The number of nitrogens with one attached hydrogen (secondary N) is 1. The molecule has 1 aromatic rings. The first-order valence-electron chi connectivity index (χ1n) is 6.18. The Labute approximate surface area is 116 Å². The lowest BCUT2D eigenvalue weighted by Gasteiger charge is -2.07. The number of carbonyl (C=O) groups is 1. The maximum atomic E-state index is 11.7. The summed E-state index contributed by atoms with van der Waals surface area (Å²) < 4.78 is 0. The fraction of sp³-hybridized carbons (Fsp3) is 0.385. The summed E-state index contributed by atoms with van der Waals surface area (Å²) in [4.78, 5) is 22.0. The number of rotatable bonds is 6. The Hall–Kier alpha value is -2.46. The lowest BCUT2D eigenvalue weighted by molar-refractivity contribution is -0.383. The third-order valence-corrected chi connectivity index (χ3v) is 2.66. The first kappa shape index (κ1) is 15.6. The van der Waals surface area contributed by atoms with Crippen LogP contribution in [0.5, 0.6) is 0 Å². The summed E-state index contributed by atoms with van der Waals surface area (Å²) >= 11 is 0. The molecule has 0 aliphatic heterocycles. The van der Waals surface area contributed by atoms with E-state index in [1.54, 1.807) is 0 Å². The third-order valence-electron chi connectivity index (χ3n) is 2.66. The molecule has 1 amide bonds. The second kappa shape index (κ2) is 7.21. The first-order valence-corrected chi connectivity index (χ1v) is 6.18. The monoisotopic (exact) mass is 276 g/mol. The van der Waals surface area contributed by atoms with Crippen LogP contribution in [0.25, 0.3) is 0 Å². The summed E-state index contributed by atoms with van der Waals surface area (Å²) in [6, 6.07) is 5.76. The van der Waals surface area contributed by atoms with Gasteiger partial charge in [-0.3, -0.25) is 14.9 Å². The number of nitro groups is 1. The minimum absolute atomic E-state index is 0.0204. The van der Waals surface area contributed by atoms with Crippen LogP contribution in [0.2, 0.25) is 0 Å². The zero-order chi connectivity index (χ0) is 15.1. The predicted molar refractivity (Wildman–Crippen MR) is 73.9 cm³/mol. The topological polar surface area (TPSA) is 122 Å². The summed E-state index contributed by atoms with van der Waals surface area (Å²) in [6.45, 7) is 1.85. The van der Waals surface area contributed by atoms with E-state index < -0.39 is 4.92 Å². The molecule has 0 heterocycles. The van der Waals surface area contributed by atoms with E-state index in [2.05, 4.69) is 5.32 Å². The highest BCUT2D eigenvalue weighted by molar-refractivity contribution is 5.93. The van der Waals surface area contributed by atoms with Crippen LogP contribution in [-0.4, -0.2) is 16.9 Å². The van der Waals surface area contributed by atoms with E-state index in [1.807, 2.05) is 13.0 Å². The van der Waals surface area contributed by atoms with Crippen LogP contribution < -0.4 is 11.1 Å². The number of nitrogens with zero attached hydrogens (tertiary/aromatic N) is 2. The molecule has 1 aromatic carbocycles. The van der Waals surface area contributed by atoms with Gasteiger partial charge in [0.1, 0.15) is 5.69 Å². The summed E-state index contributed by atoms with van der Waals surface area (Å²) in [5.41, 5.74) is 5.56. The van der Waals surface area contributed by atoms with Crippen LogP contribution in [0.15, 0.2) is 18.2 Å².